The number of urea groups is 1. The van der Waals surface area contributed by atoms with Gasteiger partial charge in [0.15, 0.2) is 0 Å². The zero-order valence-corrected chi connectivity index (χ0v) is 11.2. The first-order chi connectivity index (χ1) is 8.56. The van der Waals surface area contributed by atoms with Gasteiger partial charge in [0.25, 0.3) is 0 Å². The predicted molar refractivity (Wildman–Crippen MR) is 67.3 cm³/mol. The van der Waals surface area contributed by atoms with Crippen molar-refractivity contribution in [3.8, 4) is 0 Å². The van der Waals surface area contributed by atoms with Gasteiger partial charge < -0.3 is 25.6 Å². The minimum atomic E-state index is -0.165. The van der Waals surface area contributed by atoms with Crippen LogP contribution in [0.25, 0.3) is 0 Å². The molecule has 1 rings (SSSR count). The lowest BCUT2D eigenvalue weighted by Crippen LogP contribution is -2.45. The van der Waals surface area contributed by atoms with Crippen molar-refractivity contribution in [3.63, 3.8) is 0 Å². The molecule has 7 heteroatoms. The second-order valence-corrected chi connectivity index (χ2v) is 4.46. The molecule has 1 aliphatic heterocycles. The first kappa shape index (κ1) is 14.7. The molecule has 0 radical (unpaired) electrons. The van der Waals surface area contributed by atoms with Crippen molar-refractivity contribution in [2.24, 2.45) is 5.92 Å². The van der Waals surface area contributed by atoms with Gasteiger partial charge >= 0.3 is 6.03 Å². The quantitative estimate of drug-likeness (QED) is 0.530. The number of carbonyl (C=O) groups excluding carboxylic acids is 2. The molecule has 104 valence electrons. The largest absolute Gasteiger partial charge is 0.379 e. The second-order valence-electron chi connectivity index (χ2n) is 4.46. The van der Waals surface area contributed by atoms with Crippen molar-refractivity contribution in [2.75, 3.05) is 47.4 Å². The first-order valence-electron chi connectivity index (χ1n) is 6.04. The Morgan fingerprint density at radius 3 is 2.50 bits per heavy atom. The molecule has 18 heavy (non-hydrogen) atoms. The van der Waals surface area contributed by atoms with Gasteiger partial charge in [0.05, 0.1) is 19.1 Å². The molecule has 3 amide bonds. The van der Waals surface area contributed by atoms with Crippen molar-refractivity contribution in [1.29, 1.82) is 0 Å². The Morgan fingerprint density at radius 2 is 1.89 bits per heavy atom. The molecule has 3 N–H and O–H groups in total. The van der Waals surface area contributed by atoms with E-state index in [2.05, 4.69) is 16.0 Å². The van der Waals surface area contributed by atoms with E-state index in [4.69, 9.17) is 4.74 Å². The minimum absolute atomic E-state index is 0.0362. The van der Waals surface area contributed by atoms with E-state index >= 15 is 0 Å². The smallest absolute Gasteiger partial charge is 0.316 e. The summed E-state index contributed by atoms with van der Waals surface area (Å²) in [6.45, 7) is 1.85. The molecule has 0 spiro atoms. The number of likely N-dealkylation sites (N-methyl/N-ethyl adjacent to an activating group) is 1. The average Bonchev–Trinajstić information content (AvgIpc) is 2.82. The van der Waals surface area contributed by atoms with Gasteiger partial charge in [0, 0.05) is 33.2 Å². The number of hydrogen-bond donors (Lipinski definition) is 3. The first-order valence-corrected chi connectivity index (χ1v) is 6.04. The highest BCUT2D eigenvalue weighted by Crippen LogP contribution is 2.12. The lowest BCUT2D eigenvalue weighted by Gasteiger charge is -2.17. The van der Waals surface area contributed by atoms with E-state index in [0.717, 1.165) is 0 Å². The maximum Gasteiger partial charge on any atom is 0.316 e. The number of rotatable bonds is 5. The van der Waals surface area contributed by atoms with Crippen molar-refractivity contribution >= 4 is 11.9 Å². The molecular weight excluding hydrogens is 236 g/mol. The van der Waals surface area contributed by atoms with Crippen molar-refractivity contribution in [3.05, 3.63) is 0 Å². The van der Waals surface area contributed by atoms with Gasteiger partial charge in [-0.25, -0.2) is 4.79 Å². The standard InChI is InChI=1S/C11H22N4O3/c1-12-9-7-18-6-8(9)10(16)13-4-5-14-11(17)15(2)3/h8-9,12H,4-7H2,1-3H3,(H,13,16)(H,14,17). The molecule has 7 nitrogen and oxygen atoms in total. The van der Waals surface area contributed by atoms with Crippen LogP contribution in [0.5, 0.6) is 0 Å². The molecule has 0 aromatic carbocycles. The zero-order chi connectivity index (χ0) is 13.5. The Hall–Kier alpha value is -1.34. The van der Waals surface area contributed by atoms with Crippen LogP contribution in [0.2, 0.25) is 0 Å². The Morgan fingerprint density at radius 1 is 1.22 bits per heavy atom. The molecule has 1 heterocycles. The minimum Gasteiger partial charge on any atom is -0.379 e. The van der Waals surface area contributed by atoms with E-state index in [1.165, 1.54) is 4.90 Å². The van der Waals surface area contributed by atoms with Crippen molar-refractivity contribution < 1.29 is 14.3 Å². The molecule has 0 aromatic heterocycles. The summed E-state index contributed by atoms with van der Waals surface area (Å²) in [4.78, 5) is 24.5. The van der Waals surface area contributed by atoms with Crippen LogP contribution in [0.1, 0.15) is 0 Å². The maximum atomic E-state index is 11.8. The number of carbonyl (C=O) groups is 2. The third kappa shape index (κ3) is 4.15. The summed E-state index contributed by atoms with van der Waals surface area (Å²) >= 11 is 0. The SMILES string of the molecule is CNC1COCC1C(=O)NCCNC(=O)N(C)C. The number of hydrogen-bond acceptors (Lipinski definition) is 4. The number of nitrogens with zero attached hydrogens (tertiary/aromatic N) is 1. The van der Waals surface area contributed by atoms with Gasteiger partial charge in [-0.3, -0.25) is 4.79 Å². The normalized spacial score (nSPS) is 22.6. The second kappa shape index (κ2) is 7.17. The van der Waals surface area contributed by atoms with Gasteiger partial charge in [-0.15, -0.1) is 0 Å². The molecule has 0 bridgehead atoms. The van der Waals surface area contributed by atoms with E-state index in [9.17, 15) is 9.59 Å². The van der Waals surface area contributed by atoms with Crippen LogP contribution in [0, 0.1) is 5.92 Å². The van der Waals surface area contributed by atoms with Crippen LogP contribution in [-0.2, 0) is 9.53 Å². The summed E-state index contributed by atoms with van der Waals surface area (Å²) in [5.41, 5.74) is 0. The van der Waals surface area contributed by atoms with Crippen LogP contribution < -0.4 is 16.0 Å². The molecule has 1 saturated heterocycles. The molecule has 2 unspecified atom stereocenters. The van der Waals surface area contributed by atoms with Crippen LogP contribution in [0.15, 0.2) is 0 Å². The molecule has 0 aromatic rings. The van der Waals surface area contributed by atoms with E-state index in [0.29, 0.717) is 26.3 Å². The third-order valence-electron chi connectivity index (χ3n) is 2.89. The van der Waals surface area contributed by atoms with Gasteiger partial charge in [0.1, 0.15) is 0 Å². The summed E-state index contributed by atoms with van der Waals surface area (Å²) < 4.78 is 5.26. The lowest BCUT2D eigenvalue weighted by atomic mass is 10.0. The summed E-state index contributed by atoms with van der Waals surface area (Å²) in [6, 6.07) is -0.0945. The van der Waals surface area contributed by atoms with Crippen LogP contribution in [-0.4, -0.2) is 70.3 Å². The summed E-state index contributed by atoms with van der Waals surface area (Å²) in [7, 11) is 5.15. The molecular formula is C11H22N4O3. The monoisotopic (exact) mass is 258 g/mol. The van der Waals surface area contributed by atoms with Gasteiger partial charge in [-0.05, 0) is 7.05 Å². The zero-order valence-electron chi connectivity index (χ0n) is 11.2. The molecule has 0 aliphatic carbocycles. The molecule has 1 fully saturated rings. The summed E-state index contributed by atoms with van der Waals surface area (Å²) in [5.74, 6) is -0.189. The summed E-state index contributed by atoms with van der Waals surface area (Å²) in [6.07, 6.45) is 0. The fraction of sp³-hybridized carbons (Fsp3) is 0.818. The van der Waals surface area contributed by atoms with Crippen LogP contribution in [0.3, 0.4) is 0 Å². The fourth-order valence-corrected chi connectivity index (χ4v) is 1.74. The Bertz CT molecular complexity index is 296. The Labute approximate surface area is 107 Å². The fourth-order valence-electron chi connectivity index (χ4n) is 1.74. The van der Waals surface area contributed by atoms with Gasteiger partial charge in [0.2, 0.25) is 5.91 Å². The van der Waals surface area contributed by atoms with E-state index in [1.807, 2.05) is 7.05 Å². The summed E-state index contributed by atoms with van der Waals surface area (Å²) in [5, 5.41) is 8.53. The lowest BCUT2D eigenvalue weighted by molar-refractivity contribution is -0.125. The van der Waals surface area contributed by atoms with Crippen LogP contribution in [0.4, 0.5) is 4.79 Å². The highest BCUT2D eigenvalue weighted by Gasteiger charge is 2.32. The maximum absolute atomic E-state index is 11.8. The molecule has 2 atom stereocenters. The van der Waals surface area contributed by atoms with E-state index in [-0.39, 0.29) is 23.9 Å². The third-order valence-corrected chi connectivity index (χ3v) is 2.89. The highest BCUT2D eigenvalue weighted by molar-refractivity contribution is 5.80. The van der Waals surface area contributed by atoms with E-state index in [1.54, 1.807) is 14.1 Å². The van der Waals surface area contributed by atoms with Crippen LogP contribution >= 0.6 is 0 Å². The number of ether oxygens (including phenoxy) is 1. The number of nitrogens with one attached hydrogen (secondary N) is 3. The topological polar surface area (TPSA) is 82.7 Å². The van der Waals surface area contributed by atoms with Crippen molar-refractivity contribution in [1.82, 2.24) is 20.9 Å². The predicted octanol–water partition coefficient (Wildman–Crippen LogP) is -1.39. The van der Waals surface area contributed by atoms with Gasteiger partial charge in [-0.1, -0.05) is 0 Å². The molecule has 1 aliphatic rings. The Kier molecular flexibility index (Phi) is 5.87. The highest BCUT2D eigenvalue weighted by atomic mass is 16.5. The number of amides is 3. The Balaban J connectivity index is 2.19. The van der Waals surface area contributed by atoms with E-state index < -0.39 is 0 Å². The molecule has 0 saturated carbocycles. The average molecular weight is 258 g/mol. The van der Waals surface area contributed by atoms with Crippen molar-refractivity contribution in [2.45, 2.75) is 6.04 Å². The van der Waals surface area contributed by atoms with Gasteiger partial charge in [-0.2, -0.15) is 0 Å².